The molecule has 1 aliphatic rings. The van der Waals surface area contributed by atoms with Crippen molar-refractivity contribution in [3.05, 3.63) is 115 Å². The summed E-state index contributed by atoms with van der Waals surface area (Å²) >= 11 is 5.66. The van der Waals surface area contributed by atoms with Crippen LogP contribution >= 0.6 is 34.0 Å². The number of hydrogen-bond donors (Lipinski definition) is 0. The van der Waals surface area contributed by atoms with Crippen molar-refractivity contribution in [1.82, 2.24) is 4.98 Å². The molecule has 0 amide bonds. The lowest BCUT2D eigenvalue weighted by Gasteiger charge is -2.32. The highest BCUT2D eigenvalue weighted by Crippen LogP contribution is 2.47. The SMILES string of the molecule is c1ccc(N2c3sc4ccccc4c3B(c3nccc4c3sc3ccccc34)c3c2sc2ccccc32)cc1. The molecule has 0 fully saturated rings. The summed E-state index contributed by atoms with van der Waals surface area (Å²) in [7, 11) is 0. The molecule has 182 valence electrons. The predicted molar refractivity (Wildman–Crippen MR) is 174 cm³/mol. The maximum absolute atomic E-state index is 5.20. The fraction of sp³-hybridized carbons (Fsp3) is 0. The van der Waals surface area contributed by atoms with Crippen LogP contribution in [0.2, 0.25) is 0 Å². The molecule has 9 rings (SSSR count). The third-order valence-corrected chi connectivity index (χ3v) is 11.4. The molecule has 8 aromatic rings. The van der Waals surface area contributed by atoms with E-state index in [0.29, 0.717) is 0 Å². The van der Waals surface area contributed by atoms with Crippen LogP contribution in [0.25, 0.3) is 40.3 Å². The predicted octanol–water partition coefficient (Wildman–Crippen LogP) is 8.18. The monoisotopic (exact) mass is 550 g/mol. The number of thiophene rings is 3. The Hall–Kier alpha value is -3.97. The smallest absolute Gasteiger partial charge is 0.275 e. The fourth-order valence-electron chi connectivity index (χ4n) is 6.19. The Labute approximate surface area is 237 Å². The molecule has 5 heterocycles. The topological polar surface area (TPSA) is 16.1 Å². The molecular formula is C33H19BN2S3. The maximum Gasteiger partial charge on any atom is 0.275 e. The Bertz CT molecular complexity index is 2130. The first kappa shape index (κ1) is 21.9. The molecule has 0 N–H and O–H groups in total. The second-order valence-corrected chi connectivity index (χ2v) is 13.0. The van der Waals surface area contributed by atoms with Crippen LogP contribution in [0.4, 0.5) is 15.7 Å². The van der Waals surface area contributed by atoms with E-state index in [1.54, 1.807) is 0 Å². The molecule has 0 atom stereocenters. The molecule has 0 aliphatic carbocycles. The number of benzene rings is 4. The molecule has 0 radical (unpaired) electrons. The molecule has 0 bridgehead atoms. The number of pyridine rings is 1. The van der Waals surface area contributed by atoms with E-state index in [0.717, 1.165) is 5.59 Å². The van der Waals surface area contributed by atoms with Crippen LogP contribution in [0.15, 0.2) is 115 Å². The summed E-state index contributed by atoms with van der Waals surface area (Å²) in [4.78, 5) is 7.70. The highest BCUT2D eigenvalue weighted by Gasteiger charge is 2.42. The lowest BCUT2D eigenvalue weighted by molar-refractivity contribution is 1.36. The van der Waals surface area contributed by atoms with E-state index in [4.69, 9.17) is 4.98 Å². The largest absolute Gasteiger partial charge is 0.294 e. The molecular weight excluding hydrogens is 531 g/mol. The number of para-hydroxylation sites is 1. The van der Waals surface area contributed by atoms with Crippen LogP contribution in [0.1, 0.15) is 0 Å². The molecule has 4 aromatic carbocycles. The van der Waals surface area contributed by atoms with Gasteiger partial charge in [0.2, 0.25) is 0 Å². The Morgan fingerprint density at radius 2 is 1.05 bits per heavy atom. The van der Waals surface area contributed by atoms with Gasteiger partial charge in [-0.05, 0) is 58.1 Å². The minimum Gasteiger partial charge on any atom is -0.294 e. The van der Waals surface area contributed by atoms with E-state index >= 15 is 0 Å². The zero-order valence-electron chi connectivity index (χ0n) is 20.7. The number of fused-ring (bicyclic) bond motifs is 9. The summed E-state index contributed by atoms with van der Waals surface area (Å²) in [6, 6.07) is 39.6. The molecule has 6 heteroatoms. The van der Waals surface area contributed by atoms with Crippen LogP contribution in [0, 0.1) is 0 Å². The van der Waals surface area contributed by atoms with Gasteiger partial charge in [0.15, 0.2) is 0 Å². The Balaban J connectivity index is 1.46. The lowest BCUT2D eigenvalue weighted by atomic mass is 9.37. The highest BCUT2D eigenvalue weighted by molar-refractivity contribution is 7.32. The van der Waals surface area contributed by atoms with Gasteiger partial charge in [-0.2, -0.15) is 0 Å². The van der Waals surface area contributed by atoms with Crippen molar-refractivity contribution in [2.75, 3.05) is 4.90 Å². The normalized spacial score (nSPS) is 13.0. The fourth-order valence-corrected chi connectivity index (χ4v) is 10.0. The van der Waals surface area contributed by atoms with Crippen LogP contribution in [0.5, 0.6) is 0 Å². The highest BCUT2D eigenvalue weighted by atomic mass is 32.1. The van der Waals surface area contributed by atoms with Gasteiger partial charge >= 0.3 is 0 Å². The van der Waals surface area contributed by atoms with Gasteiger partial charge in [-0.15, -0.1) is 34.0 Å². The minimum absolute atomic E-state index is 0.0408. The van der Waals surface area contributed by atoms with Crippen molar-refractivity contribution in [3.8, 4) is 0 Å². The van der Waals surface area contributed by atoms with Crippen LogP contribution in [-0.4, -0.2) is 11.7 Å². The zero-order chi connectivity index (χ0) is 25.5. The summed E-state index contributed by atoms with van der Waals surface area (Å²) in [6.07, 6.45) is 2.02. The number of nitrogens with zero attached hydrogens (tertiary/aromatic N) is 2. The van der Waals surface area contributed by atoms with Gasteiger partial charge in [-0.3, -0.25) is 9.88 Å². The molecule has 4 aromatic heterocycles. The summed E-state index contributed by atoms with van der Waals surface area (Å²) in [5, 5.41) is 7.85. The van der Waals surface area contributed by atoms with E-state index < -0.39 is 0 Å². The second-order valence-electron chi connectivity index (χ2n) is 9.91. The first-order chi connectivity index (χ1) is 19.4. The lowest BCUT2D eigenvalue weighted by Crippen LogP contribution is -2.57. The molecule has 2 nitrogen and oxygen atoms in total. The van der Waals surface area contributed by atoms with Crippen molar-refractivity contribution in [2.24, 2.45) is 0 Å². The Kier molecular flexibility index (Phi) is 4.64. The molecule has 1 aliphatic heterocycles. The first-order valence-electron chi connectivity index (χ1n) is 13.0. The van der Waals surface area contributed by atoms with E-state index in [1.165, 1.54) is 67.0 Å². The van der Waals surface area contributed by atoms with E-state index in [1.807, 2.05) is 40.2 Å². The molecule has 39 heavy (non-hydrogen) atoms. The third-order valence-electron chi connectivity index (χ3n) is 7.82. The molecule has 0 spiro atoms. The molecule has 0 unspecified atom stereocenters. The third kappa shape index (κ3) is 3.05. The van der Waals surface area contributed by atoms with Gasteiger partial charge in [-0.25, -0.2) is 0 Å². The number of hydrogen-bond acceptors (Lipinski definition) is 5. The minimum atomic E-state index is 0.0408. The van der Waals surface area contributed by atoms with Crippen molar-refractivity contribution >= 4 is 113 Å². The van der Waals surface area contributed by atoms with Crippen molar-refractivity contribution in [3.63, 3.8) is 0 Å². The van der Waals surface area contributed by atoms with Crippen molar-refractivity contribution in [2.45, 2.75) is 0 Å². The van der Waals surface area contributed by atoms with Gasteiger partial charge in [0.1, 0.15) is 0 Å². The summed E-state index contributed by atoms with van der Waals surface area (Å²) in [5.74, 6) is 0. The van der Waals surface area contributed by atoms with E-state index in [-0.39, 0.29) is 6.71 Å². The van der Waals surface area contributed by atoms with Gasteiger partial charge in [0.05, 0.1) is 10.0 Å². The van der Waals surface area contributed by atoms with Crippen LogP contribution in [0.3, 0.4) is 0 Å². The quantitative estimate of drug-likeness (QED) is 0.202. The standard InChI is InChI=1S/C33H19BN2S3/c1-2-10-20(11-3-1)36-32-28(23-13-5-8-16-26(23)38-32)34(29-24-14-6-9-17-27(24)39-33(29)36)31-30-22(18-19-35-31)21-12-4-7-15-25(21)37-30/h1-19H. The number of aromatic nitrogens is 1. The van der Waals surface area contributed by atoms with E-state index in [2.05, 4.69) is 114 Å². The Morgan fingerprint density at radius 1 is 0.513 bits per heavy atom. The number of anilines is 3. The van der Waals surface area contributed by atoms with Crippen LogP contribution < -0.4 is 21.4 Å². The average molecular weight is 551 g/mol. The zero-order valence-corrected chi connectivity index (χ0v) is 23.1. The van der Waals surface area contributed by atoms with Gasteiger partial charge < -0.3 is 0 Å². The number of rotatable bonds is 2. The summed E-state index contributed by atoms with van der Waals surface area (Å²) in [5.41, 5.74) is 5.10. The second kappa shape index (κ2) is 8.27. The Morgan fingerprint density at radius 3 is 1.69 bits per heavy atom. The van der Waals surface area contributed by atoms with Crippen molar-refractivity contribution in [1.29, 1.82) is 0 Å². The summed E-state index contributed by atoms with van der Waals surface area (Å²) < 4.78 is 5.24. The van der Waals surface area contributed by atoms with Gasteiger partial charge in [0, 0.05) is 47.0 Å². The molecule has 0 saturated carbocycles. The maximum atomic E-state index is 5.20. The van der Waals surface area contributed by atoms with Gasteiger partial charge in [0.25, 0.3) is 6.71 Å². The van der Waals surface area contributed by atoms with Crippen LogP contribution in [-0.2, 0) is 0 Å². The van der Waals surface area contributed by atoms with Gasteiger partial charge in [-0.1, -0.05) is 72.8 Å². The first-order valence-corrected chi connectivity index (χ1v) is 15.5. The average Bonchev–Trinajstić information content (AvgIpc) is 3.68. The molecule has 0 saturated heterocycles. The van der Waals surface area contributed by atoms with E-state index in [9.17, 15) is 0 Å². The summed E-state index contributed by atoms with van der Waals surface area (Å²) in [6.45, 7) is 0.0408. The van der Waals surface area contributed by atoms with Crippen molar-refractivity contribution < 1.29 is 0 Å².